The molecule has 1 aromatic carbocycles. The van der Waals surface area contributed by atoms with Gasteiger partial charge in [-0.2, -0.15) is 0 Å². The van der Waals surface area contributed by atoms with Crippen LogP contribution in [0, 0.1) is 26.7 Å². The molecule has 0 radical (unpaired) electrons. The molecule has 2 atom stereocenters. The van der Waals surface area contributed by atoms with Gasteiger partial charge in [0, 0.05) is 12.1 Å². The van der Waals surface area contributed by atoms with Crippen LogP contribution in [0.15, 0.2) is 12.1 Å². The average molecular weight is 245 g/mol. The van der Waals surface area contributed by atoms with E-state index in [1.165, 1.54) is 36.0 Å². The minimum Gasteiger partial charge on any atom is -0.312 e. The predicted molar refractivity (Wildman–Crippen MR) is 79.1 cm³/mol. The summed E-state index contributed by atoms with van der Waals surface area (Å²) in [4.78, 5) is 0. The van der Waals surface area contributed by atoms with Gasteiger partial charge in [-0.1, -0.05) is 17.7 Å². The van der Waals surface area contributed by atoms with Crippen LogP contribution in [0.3, 0.4) is 0 Å². The smallest absolute Gasteiger partial charge is 0.00439 e. The second-order valence-corrected chi connectivity index (χ2v) is 6.39. The van der Waals surface area contributed by atoms with Crippen LogP contribution in [-0.4, -0.2) is 12.1 Å². The molecule has 18 heavy (non-hydrogen) atoms. The minimum atomic E-state index is 0.671. The van der Waals surface area contributed by atoms with E-state index in [0.29, 0.717) is 12.1 Å². The monoisotopic (exact) mass is 245 g/mol. The molecule has 0 saturated carbocycles. The first-order valence-electron chi connectivity index (χ1n) is 7.28. The fourth-order valence-corrected chi connectivity index (χ4v) is 3.71. The van der Waals surface area contributed by atoms with Gasteiger partial charge in [-0.05, 0) is 76.5 Å². The molecule has 0 bridgehead atoms. The Balaban J connectivity index is 2.14. The van der Waals surface area contributed by atoms with Gasteiger partial charge < -0.3 is 5.32 Å². The van der Waals surface area contributed by atoms with E-state index in [2.05, 4.69) is 52.1 Å². The summed E-state index contributed by atoms with van der Waals surface area (Å²) < 4.78 is 0. The average Bonchev–Trinajstić information content (AvgIpc) is 2.22. The second-order valence-electron chi connectivity index (χ2n) is 6.39. The van der Waals surface area contributed by atoms with E-state index >= 15 is 0 Å². The van der Waals surface area contributed by atoms with Crippen LogP contribution in [0.5, 0.6) is 0 Å². The number of benzene rings is 1. The largest absolute Gasteiger partial charge is 0.312 e. The highest BCUT2D eigenvalue weighted by Gasteiger charge is 2.24. The number of nitrogens with one attached hydrogen (secondary N) is 1. The Morgan fingerprint density at radius 2 is 1.50 bits per heavy atom. The molecule has 1 heteroatoms. The number of piperidine rings is 1. The molecular weight excluding hydrogens is 218 g/mol. The first kappa shape index (κ1) is 13.6. The third kappa shape index (κ3) is 3.14. The molecule has 1 aliphatic heterocycles. The summed E-state index contributed by atoms with van der Waals surface area (Å²) in [6.07, 6.45) is 3.89. The molecule has 1 fully saturated rings. The van der Waals surface area contributed by atoms with Crippen LogP contribution in [0.4, 0.5) is 0 Å². The highest BCUT2D eigenvalue weighted by Crippen LogP contribution is 2.27. The topological polar surface area (TPSA) is 12.0 Å². The maximum Gasteiger partial charge on any atom is 0.00439 e. The van der Waals surface area contributed by atoms with E-state index in [4.69, 9.17) is 0 Å². The Kier molecular flexibility index (Phi) is 4.11. The van der Waals surface area contributed by atoms with Crippen molar-refractivity contribution in [2.45, 2.75) is 66.0 Å². The van der Waals surface area contributed by atoms with Crippen LogP contribution in [-0.2, 0) is 6.42 Å². The first-order valence-corrected chi connectivity index (χ1v) is 7.28. The van der Waals surface area contributed by atoms with Crippen LogP contribution in [0.25, 0.3) is 0 Å². The van der Waals surface area contributed by atoms with Gasteiger partial charge in [-0.25, -0.2) is 0 Å². The fourth-order valence-electron chi connectivity index (χ4n) is 3.71. The fraction of sp³-hybridized carbons (Fsp3) is 0.647. The standard InChI is InChI=1S/C17H27N/c1-11-6-12(2)17(13(3)7-11)10-16-8-14(4)18-15(5)9-16/h6-7,14-16,18H,8-10H2,1-5H3. The molecule has 1 aromatic rings. The molecule has 1 N–H and O–H groups in total. The molecule has 1 aliphatic rings. The van der Waals surface area contributed by atoms with Crippen molar-refractivity contribution in [1.82, 2.24) is 5.32 Å². The Hall–Kier alpha value is -0.820. The predicted octanol–water partition coefficient (Wildman–Crippen LogP) is 3.93. The molecule has 0 spiro atoms. The first-order chi connectivity index (χ1) is 8.45. The maximum absolute atomic E-state index is 3.63. The molecule has 1 saturated heterocycles. The third-order valence-corrected chi connectivity index (χ3v) is 4.28. The van der Waals surface area contributed by atoms with Crippen molar-refractivity contribution in [3.05, 3.63) is 34.4 Å². The van der Waals surface area contributed by atoms with Gasteiger partial charge >= 0.3 is 0 Å². The lowest BCUT2D eigenvalue weighted by Gasteiger charge is -2.33. The van der Waals surface area contributed by atoms with Gasteiger partial charge in [0.1, 0.15) is 0 Å². The summed E-state index contributed by atoms with van der Waals surface area (Å²) >= 11 is 0. The Morgan fingerprint density at radius 3 is 2.00 bits per heavy atom. The van der Waals surface area contributed by atoms with E-state index in [1.54, 1.807) is 5.56 Å². The SMILES string of the molecule is Cc1cc(C)c(CC2CC(C)NC(C)C2)c(C)c1. The zero-order chi connectivity index (χ0) is 13.3. The minimum absolute atomic E-state index is 0.671. The number of aryl methyl sites for hydroxylation is 3. The lowest BCUT2D eigenvalue weighted by atomic mass is 9.82. The summed E-state index contributed by atoms with van der Waals surface area (Å²) in [7, 11) is 0. The molecule has 2 rings (SSSR count). The Morgan fingerprint density at radius 1 is 1.00 bits per heavy atom. The Bertz CT molecular complexity index is 389. The van der Waals surface area contributed by atoms with Gasteiger partial charge in [0.15, 0.2) is 0 Å². The lowest BCUT2D eigenvalue weighted by molar-refractivity contribution is 0.261. The van der Waals surface area contributed by atoms with E-state index in [9.17, 15) is 0 Å². The van der Waals surface area contributed by atoms with Gasteiger partial charge in [-0.3, -0.25) is 0 Å². The van der Waals surface area contributed by atoms with Crippen molar-refractivity contribution in [2.75, 3.05) is 0 Å². The second kappa shape index (κ2) is 5.44. The molecule has 100 valence electrons. The lowest BCUT2D eigenvalue weighted by Crippen LogP contribution is -2.42. The van der Waals surface area contributed by atoms with E-state index in [-0.39, 0.29) is 0 Å². The van der Waals surface area contributed by atoms with Gasteiger partial charge in [0.25, 0.3) is 0 Å². The van der Waals surface area contributed by atoms with Crippen molar-refractivity contribution < 1.29 is 0 Å². The van der Waals surface area contributed by atoms with Crippen molar-refractivity contribution in [2.24, 2.45) is 5.92 Å². The van der Waals surface area contributed by atoms with Crippen molar-refractivity contribution in [3.63, 3.8) is 0 Å². The highest BCUT2D eigenvalue weighted by molar-refractivity contribution is 5.37. The normalized spacial score (nSPS) is 28.4. The van der Waals surface area contributed by atoms with E-state index < -0.39 is 0 Å². The van der Waals surface area contributed by atoms with Gasteiger partial charge in [0.05, 0.1) is 0 Å². The summed E-state index contributed by atoms with van der Waals surface area (Å²) in [5, 5.41) is 3.63. The van der Waals surface area contributed by atoms with E-state index in [1.807, 2.05) is 0 Å². The Labute approximate surface area is 112 Å². The number of hydrogen-bond donors (Lipinski definition) is 1. The zero-order valence-electron chi connectivity index (χ0n) is 12.5. The van der Waals surface area contributed by atoms with Crippen molar-refractivity contribution in [3.8, 4) is 0 Å². The van der Waals surface area contributed by atoms with Gasteiger partial charge in [-0.15, -0.1) is 0 Å². The zero-order valence-corrected chi connectivity index (χ0v) is 12.5. The quantitative estimate of drug-likeness (QED) is 0.832. The highest BCUT2D eigenvalue weighted by atomic mass is 14.9. The molecule has 0 aliphatic carbocycles. The van der Waals surface area contributed by atoms with Crippen molar-refractivity contribution >= 4 is 0 Å². The molecular formula is C17H27N. The number of rotatable bonds is 2. The number of hydrogen-bond acceptors (Lipinski definition) is 1. The summed E-state index contributed by atoms with van der Waals surface area (Å²) in [5.41, 5.74) is 5.94. The summed E-state index contributed by atoms with van der Waals surface area (Å²) in [6.45, 7) is 11.4. The van der Waals surface area contributed by atoms with Gasteiger partial charge in [0.2, 0.25) is 0 Å². The molecule has 0 aromatic heterocycles. The van der Waals surface area contributed by atoms with E-state index in [0.717, 1.165) is 5.92 Å². The van der Waals surface area contributed by atoms with Crippen molar-refractivity contribution in [1.29, 1.82) is 0 Å². The summed E-state index contributed by atoms with van der Waals surface area (Å²) in [5.74, 6) is 0.844. The molecule has 2 unspecified atom stereocenters. The maximum atomic E-state index is 3.63. The van der Waals surface area contributed by atoms with Crippen LogP contribution < -0.4 is 5.32 Å². The molecule has 1 nitrogen and oxygen atoms in total. The molecule has 1 heterocycles. The summed E-state index contributed by atoms with van der Waals surface area (Å²) in [6, 6.07) is 6.00. The van der Waals surface area contributed by atoms with Crippen LogP contribution in [0.1, 0.15) is 48.9 Å². The van der Waals surface area contributed by atoms with Crippen LogP contribution >= 0.6 is 0 Å². The molecule has 0 amide bonds. The third-order valence-electron chi connectivity index (χ3n) is 4.28. The van der Waals surface area contributed by atoms with Crippen LogP contribution in [0.2, 0.25) is 0 Å².